The normalized spacial score (nSPS) is 14.0. The van der Waals surface area contributed by atoms with Crippen LogP contribution in [0.1, 0.15) is 11.1 Å². The van der Waals surface area contributed by atoms with Crippen LogP contribution in [0.15, 0.2) is 60.7 Å². The second-order valence-corrected chi connectivity index (χ2v) is 6.41. The number of rotatable bonds is 1. The number of aromatic nitrogens is 1. The molecule has 2 nitrogen and oxygen atoms in total. The van der Waals surface area contributed by atoms with Crippen LogP contribution in [0.3, 0.4) is 0 Å². The van der Waals surface area contributed by atoms with E-state index in [4.69, 9.17) is 9.72 Å². The molecule has 1 aliphatic rings. The summed E-state index contributed by atoms with van der Waals surface area (Å²) >= 11 is 0. The van der Waals surface area contributed by atoms with E-state index in [0.717, 1.165) is 35.4 Å². The topological polar surface area (TPSA) is 22.1 Å². The lowest BCUT2D eigenvalue weighted by molar-refractivity contribution is 0.111. The van der Waals surface area contributed by atoms with Crippen molar-refractivity contribution in [3.05, 3.63) is 77.6 Å². The van der Waals surface area contributed by atoms with Gasteiger partial charge in [-0.2, -0.15) is 0 Å². The molecule has 0 atom stereocenters. The summed E-state index contributed by atoms with van der Waals surface area (Å²) in [5, 5.41) is 3.68. The third-order valence-electron chi connectivity index (χ3n) is 4.95. The summed E-state index contributed by atoms with van der Waals surface area (Å²) in [6.07, 6.45) is 0.872. The van der Waals surface area contributed by atoms with E-state index >= 15 is 0 Å². The molecule has 0 saturated carbocycles. The predicted molar refractivity (Wildman–Crippen MR) is 98.0 cm³/mol. The van der Waals surface area contributed by atoms with Crippen LogP contribution in [0, 0.1) is 5.82 Å². The lowest BCUT2D eigenvalue weighted by Gasteiger charge is -2.22. The Balaban J connectivity index is 1.89. The van der Waals surface area contributed by atoms with E-state index < -0.39 is 0 Å². The average molecular weight is 329 g/mol. The molecule has 5 rings (SSSR count). The van der Waals surface area contributed by atoms with Crippen LogP contribution in [0.4, 0.5) is 4.39 Å². The van der Waals surface area contributed by atoms with Crippen LogP contribution < -0.4 is 0 Å². The van der Waals surface area contributed by atoms with Gasteiger partial charge in [0.2, 0.25) is 0 Å². The van der Waals surface area contributed by atoms with Crippen LogP contribution >= 0.6 is 0 Å². The fraction of sp³-hybridized carbons (Fsp3) is 0.136. The van der Waals surface area contributed by atoms with Gasteiger partial charge in [-0.25, -0.2) is 9.37 Å². The van der Waals surface area contributed by atoms with Crippen molar-refractivity contribution in [2.45, 2.75) is 13.0 Å². The van der Waals surface area contributed by atoms with E-state index in [1.807, 2.05) is 0 Å². The molecule has 1 aromatic heterocycles. The Morgan fingerprint density at radius 1 is 0.880 bits per heavy atom. The summed E-state index contributed by atoms with van der Waals surface area (Å²) in [5.41, 5.74) is 5.25. The van der Waals surface area contributed by atoms with Gasteiger partial charge in [0.25, 0.3) is 0 Å². The number of nitrogens with zero attached hydrogens (tertiary/aromatic N) is 1. The number of hydrogen-bond acceptors (Lipinski definition) is 2. The monoisotopic (exact) mass is 329 g/mol. The molecule has 0 bridgehead atoms. The van der Waals surface area contributed by atoms with Gasteiger partial charge in [-0.1, -0.05) is 30.3 Å². The fourth-order valence-electron chi connectivity index (χ4n) is 3.78. The Bertz CT molecular complexity index is 1100. The molecule has 2 heterocycles. The minimum atomic E-state index is -0.236. The summed E-state index contributed by atoms with van der Waals surface area (Å²) in [6, 6.07) is 19.2. The van der Waals surface area contributed by atoms with E-state index in [0.29, 0.717) is 6.61 Å². The standard InChI is InChI=1S/C22H16FNO/c23-16-8-5-15(6-9-16)22-19-13-25-12-11-18(19)21-17-4-2-1-3-14(17)7-10-20(21)24-22/h1-10H,11-13H2. The molecule has 0 unspecified atom stereocenters. The maximum absolute atomic E-state index is 13.3. The predicted octanol–water partition coefficient (Wildman–Crippen LogP) is 5.27. The Hall–Kier alpha value is -2.78. The number of benzene rings is 3. The summed E-state index contributed by atoms with van der Waals surface area (Å²) < 4.78 is 19.1. The molecule has 122 valence electrons. The zero-order valence-electron chi connectivity index (χ0n) is 13.6. The highest BCUT2D eigenvalue weighted by atomic mass is 19.1. The fourth-order valence-corrected chi connectivity index (χ4v) is 3.78. The number of pyridine rings is 1. The summed E-state index contributed by atoms with van der Waals surface area (Å²) in [7, 11) is 0. The molecule has 4 aromatic rings. The van der Waals surface area contributed by atoms with Gasteiger partial charge >= 0.3 is 0 Å². The van der Waals surface area contributed by atoms with Crippen molar-refractivity contribution in [3.8, 4) is 11.3 Å². The Morgan fingerprint density at radius 3 is 2.60 bits per heavy atom. The summed E-state index contributed by atoms with van der Waals surface area (Å²) in [4.78, 5) is 4.94. The molecule has 0 amide bonds. The highest BCUT2D eigenvalue weighted by molar-refractivity contribution is 6.09. The lowest BCUT2D eigenvalue weighted by Crippen LogP contribution is -2.13. The van der Waals surface area contributed by atoms with Crippen LogP contribution in [0.2, 0.25) is 0 Å². The first kappa shape index (κ1) is 14.6. The van der Waals surface area contributed by atoms with Gasteiger partial charge in [0, 0.05) is 16.5 Å². The van der Waals surface area contributed by atoms with Crippen molar-refractivity contribution in [1.29, 1.82) is 0 Å². The molecule has 1 aliphatic heterocycles. The van der Waals surface area contributed by atoms with Gasteiger partial charge in [0.1, 0.15) is 5.82 Å². The van der Waals surface area contributed by atoms with Gasteiger partial charge < -0.3 is 4.74 Å². The Kier molecular flexibility index (Phi) is 3.28. The van der Waals surface area contributed by atoms with E-state index in [-0.39, 0.29) is 5.82 Å². The molecule has 0 saturated heterocycles. The highest BCUT2D eigenvalue weighted by Gasteiger charge is 2.21. The number of halogens is 1. The molecule has 0 fully saturated rings. The Morgan fingerprint density at radius 2 is 1.72 bits per heavy atom. The van der Waals surface area contributed by atoms with Crippen molar-refractivity contribution >= 4 is 21.7 Å². The minimum Gasteiger partial charge on any atom is -0.376 e. The third-order valence-corrected chi connectivity index (χ3v) is 4.95. The number of ether oxygens (including phenoxy) is 1. The van der Waals surface area contributed by atoms with Gasteiger partial charge in [-0.15, -0.1) is 0 Å². The first-order chi connectivity index (χ1) is 12.3. The molecular weight excluding hydrogens is 313 g/mol. The molecule has 0 spiro atoms. The van der Waals surface area contributed by atoms with Gasteiger partial charge in [0.15, 0.2) is 0 Å². The smallest absolute Gasteiger partial charge is 0.123 e. The zero-order chi connectivity index (χ0) is 16.8. The maximum Gasteiger partial charge on any atom is 0.123 e. The van der Waals surface area contributed by atoms with Crippen LogP contribution in [0.5, 0.6) is 0 Å². The SMILES string of the molecule is Fc1ccc(-c2nc3ccc4ccccc4c3c3c2COCC3)cc1. The van der Waals surface area contributed by atoms with Gasteiger partial charge in [-0.05, 0) is 53.1 Å². The first-order valence-corrected chi connectivity index (χ1v) is 8.48. The number of hydrogen-bond donors (Lipinski definition) is 0. The molecule has 0 radical (unpaired) electrons. The molecule has 3 aromatic carbocycles. The second-order valence-electron chi connectivity index (χ2n) is 6.41. The second kappa shape index (κ2) is 5.64. The van der Waals surface area contributed by atoms with Gasteiger partial charge in [0.05, 0.1) is 24.4 Å². The molecule has 0 N–H and O–H groups in total. The minimum absolute atomic E-state index is 0.236. The largest absolute Gasteiger partial charge is 0.376 e. The van der Waals surface area contributed by atoms with E-state index in [1.165, 1.54) is 33.9 Å². The molecular formula is C22H16FNO. The van der Waals surface area contributed by atoms with Crippen molar-refractivity contribution in [2.75, 3.05) is 6.61 Å². The maximum atomic E-state index is 13.3. The Labute approximate surface area is 144 Å². The molecule has 25 heavy (non-hydrogen) atoms. The average Bonchev–Trinajstić information content (AvgIpc) is 2.67. The first-order valence-electron chi connectivity index (χ1n) is 8.48. The zero-order valence-corrected chi connectivity index (χ0v) is 13.6. The number of fused-ring (bicyclic) bond motifs is 5. The highest BCUT2D eigenvalue weighted by Crippen LogP contribution is 2.36. The summed E-state index contributed by atoms with van der Waals surface area (Å²) in [5.74, 6) is -0.236. The molecule has 3 heteroatoms. The van der Waals surface area contributed by atoms with E-state index in [9.17, 15) is 4.39 Å². The lowest BCUT2D eigenvalue weighted by atomic mass is 9.91. The third kappa shape index (κ3) is 2.31. The van der Waals surface area contributed by atoms with Crippen molar-refractivity contribution in [1.82, 2.24) is 4.98 Å². The molecule has 0 aliphatic carbocycles. The van der Waals surface area contributed by atoms with E-state index in [2.05, 4.69) is 36.4 Å². The van der Waals surface area contributed by atoms with Crippen molar-refractivity contribution in [2.24, 2.45) is 0 Å². The van der Waals surface area contributed by atoms with Gasteiger partial charge in [-0.3, -0.25) is 0 Å². The van der Waals surface area contributed by atoms with E-state index in [1.54, 1.807) is 12.1 Å². The van der Waals surface area contributed by atoms with Crippen LogP contribution in [0.25, 0.3) is 32.9 Å². The summed E-state index contributed by atoms with van der Waals surface area (Å²) in [6.45, 7) is 1.27. The quantitative estimate of drug-likeness (QED) is 0.444. The van der Waals surface area contributed by atoms with Crippen molar-refractivity contribution in [3.63, 3.8) is 0 Å². The van der Waals surface area contributed by atoms with Crippen LogP contribution in [-0.2, 0) is 17.8 Å². The van der Waals surface area contributed by atoms with Crippen molar-refractivity contribution < 1.29 is 9.13 Å². The van der Waals surface area contributed by atoms with Crippen LogP contribution in [-0.4, -0.2) is 11.6 Å².